The average Bonchev–Trinajstić information content (AvgIpc) is 2.48. The number of aryl methyl sites for hydroxylation is 1. The van der Waals surface area contributed by atoms with E-state index in [1.807, 2.05) is 19.1 Å². The third-order valence-corrected chi connectivity index (χ3v) is 3.94. The first-order chi connectivity index (χ1) is 11.2. The Labute approximate surface area is 140 Å². The molecule has 0 aliphatic rings. The molecule has 2 rings (SSSR count). The number of hydrogen-bond donors (Lipinski definition) is 1. The minimum atomic E-state index is -3.32. The molecule has 0 radical (unpaired) electrons. The number of benzene rings is 1. The second-order valence-corrected chi connectivity index (χ2v) is 7.57. The monoisotopic (exact) mass is 348 g/mol. The number of halogens is 1. The molecule has 0 unspecified atom stereocenters. The van der Waals surface area contributed by atoms with Gasteiger partial charge < -0.3 is 5.32 Å². The third kappa shape index (κ3) is 5.58. The highest BCUT2D eigenvalue weighted by molar-refractivity contribution is 7.89. The highest BCUT2D eigenvalue weighted by Crippen LogP contribution is 2.17. The van der Waals surface area contributed by atoms with Crippen molar-refractivity contribution in [3.05, 3.63) is 65.2 Å². The van der Waals surface area contributed by atoms with E-state index in [2.05, 4.69) is 10.3 Å². The van der Waals surface area contributed by atoms with Gasteiger partial charge in [0.1, 0.15) is 5.82 Å². The smallest absolute Gasteiger partial charge is 0.248 e. The third-order valence-electron chi connectivity index (χ3n) is 3.10. The average molecular weight is 348 g/mol. The molecule has 1 amide bonds. The Kier molecular flexibility index (Phi) is 5.46. The molecule has 0 aliphatic heterocycles. The van der Waals surface area contributed by atoms with Crippen molar-refractivity contribution in [3.8, 4) is 0 Å². The maximum Gasteiger partial charge on any atom is 0.248 e. The van der Waals surface area contributed by atoms with Crippen molar-refractivity contribution in [3.63, 3.8) is 0 Å². The highest BCUT2D eigenvalue weighted by atomic mass is 32.2. The summed E-state index contributed by atoms with van der Waals surface area (Å²) in [6, 6.07) is 7.56. The van der Waals surface area contributed by atoms with Crippen LogP contribution < -0.4 is 5.32 Å². The summed E-state index contributed by atoms with van der Waals surface area (Å²) in [7, 11) is -3.32. The zero-order chi connectivity index (χ0) is 17.7. The fourth-order valence-electron chi connectivity index (χ4n) is 1.96. The van der Waals surface area contributed by atoms with E-state index in [4.69, 9.17) is 0 Å². The van der Waals surface area contributed by atoms with Crippen LogP contribution in [0.3, 0.4) is 0 Å². The minimum Gasteiger partial charge on any atom is -0.322 e. The largest absolute Gasteiger partial charge is 0.322 e. The summed E-state index contributed by atoms with van der Waals surface area (Å²) in [6.45, 7) is 1.86. The number of pyridine rings is 1. The van der Waals surface area contributed by atoms with Crippen molar-refractivity contribution in [1.82, 2.24) is 4.98 Å². The van der Waals surface area contributed by atoms with Crippen LogP contribution in [0.25, 0.3) is 6.08 Å². The maximum atomic E-state index is 13.9. The van der Waals surface area contributed by atoms with Crippen molar-refractivity contribution in [1.29, 1.82) is 0 Å². The summed E-state index contributed by atoms with van der Waals surface area (Å²) < 4.78 is 36.3. The van der Waals surface area contributed by atoms with Crippen LogP contribution in [-0.2, 0) is 20.4 Å². The van der Waals surface area contributed by atoms with E-state index >= 15 is 0 Å². The van der Waals surface area contributed by atoms with E-state index < -0.39 is 21.6 Å². The van der Waals surface area contributed by atoms with Gasteiger partial charge in [0.25, 0.3) is 0 Å². The number of anilines is 1. The fraction of sp³-hybridized carbons (Fsp3) is 0.176. The second kappa shape index (κ2) is 7.35. The van der Waals surface area contributed by atoms with Gasteiger partial charge in [0.2, 0.25) is 5.91 Å². The normalized spacial score (nSPS) is 11.6. The van der Waals surface area contributed by atoms with Gasteiger partial charge in [-0.2, -0.15) is 0 Å². The van der Waals surface area contributed by atoms with Crippen LogP contribution in [0.15, 0.2) is 42.6 Å². The Morgan fingerprint density at radius 1 is 1.29 bits per heavy atom. The van der Waals surface area contributed by atoms with Crippen molar-refractivity contribution in [2.45, 2.75) is 12.7 Å². The molecule has 1 aromatic heterocycles. The summed E-state index contributed by atoms with van der Waals surface area (Å²) in [4.78, 5) is 16.0. The molecule has 5 nitrogen and oxygen atoms in total. The Morgan fingerprint density at radius 2 is 2.04 bits per heavy atom. The van der Waals surface area contributed by atoms with Crippen molar-refractivity contribution in [2.24, 2.45) is 0 Å². The Balaban J connectivity index is 2.04. The topological polar surface area (TPSA) is 76.1 Å². The van der Waals surface area contributed by atoms with Gasteiger partial charge in [0.15, 0.2) is 9.84 Å². The van der Waals surface area contributed by atoms with E-state index in [9.17, 15) is 17.6 Å². The predicted molar refractivity (Wildman–Crippen MR) is 91.6 cm³/mol. The summed E-state index contributed by atoms with van der Waals surface area (Å²) in [6.07, 6.45) is 5.58. The van der Waals surface area contributed by atoms with Gasteiger partial charge in [0.05, 0.1) is 5.75 Å². The number of aromatic nitrogens is 1. The lowest BCUT2D eigenvalue weighted by Gasteiger charge is -2.06. The van der Waals surface area contributed by atoms with Gasteiger partial charge >= 0.3 is 0 Å². The molecule has 0 aliphatic carbocycles. The molecule has 0 spiro atoms. The molecule has 0 atom stereocenters. The number of carbonyl (C=O) groups excluding carboxylic acids is 1. The van der Waals surface area contributed by atoms with Crippen LogP contribution in [0.1, 0.15) is 16.8 Å². The standard InChI is InChI=1S/C17H17FN2O3S/c1-12-3-4-13(10-19-12)5-8-17(21)20-15-7-6-14(16(18)9-15)11-24(2,22)23/h3-10H,11H2,1-2H3,(H,20,21). The second-order valence-electron chi connectivity index (χ2n) is 5.43. The van der Waals surface area contributed by atoms with Crippen LogP contribution in [0.2, 0.25) is 0 Å². The molecule has 0 bridgehead atoms. The van der Waals surface area contributed by atoms with Crippen LogP contribution in [0.4, 0.5) is 10.1 Å². The lowest BCUT2D eigenvalue weighted by atomic mass is 10.2. The molecule has 1 heterocycles. The first-order valence-electron chi connectivity index (χ1n) is 7.11. The van der Waals surface area contributed by atoms with E-state index in [1.54, 1.807) is 12.3 Å². The lowest BCUT2D eigenvalue weighted by Crippen LogP contribution is -2.09. The number of nitrogens with one attached hydrogen (secondary N) is 1. The number of nitrogens with zero attached hydrogens (tertiary/aromatic N) is 1. The summed E-state index contributed by atoms with van der Waals surface area (Å²) in [5.41, 5.74) is 1.96. The molecule has 0 fully saturated rings. The maximum absolute atomic E-state index is 13.9. The molecule has 126 valence electrons. The Morgan fingerprint density at radius 3 is 2.62 bits per heavy atom. The van der Waals surface area contributed by atoms with Crippen LogP contribution >= 0.6 is 0 Å². The van der Waals surface area contributed by atoms with Crippen LogP contribution in [-0.4, -0.2) is 25.6 Å². The van der Waals surface area contributed by atoms with Crippen molar-refractivity contribution in [2.75, 3.05) is 11.6 Å². The zero-order valence-corrected chi connectivity index (χ0v) is 14.1. The van der Waals surface area contributed by atoms with Gasteiger partial charge in [-0.05, 0) is 36.8 Å². The van der Waals surface area contributed by atoms with Crippen LogP contribution in [0, 0.1) is 12.7 Å². The van der Waals surface area contributed by atoms with Gasteiger partial charge in [-0.25, -0.2) is 12.8 Å². The van der Waals surface area contributed by atoms with Crippen molar-refractivity contribution >= 4 is 27.5 Å². The Hall–Kier alpha value is -2.54. The van der Waals surface area contributed by atoms with Gasteiger partial charge in [-0.15, -0.1) is 0 Å². The van der Waals surface area contributed by atoms with Crippen molar-refractivity contribution < 1.29 is 17.6 Å². The molecule has 7 heteroatoms. The molecule has 0 saturated heterocycles. The van der Waals surface area contributed by atoms with Gasteiger partial charge in [0, 0.05) is 35.5 Å². The SMILES string of the molecule is Cc1ccc(C=CC(=O)Nc2ccc(CS(C)(=O)=O)c(F)c2)cn1. The quantitative estimate of drug-likeness (QED) is 0.843. The van der Waals surface area contributed by atoms with E-state index in [0.29, 0.717) is 0 Å². The first-order valence-corrected chi connectivity index (χ1v) is 9.17. The van der Waals surface area contributed by atoms with Crippen LogP contribution in [0.5, 0.6) is 0 Å². The molecule has 2 aromatic rings. The number of hydrogen-bond acceptors (Lipinski definition) is 4. The molecule has 0 saturated carbocycles. The van der Waals surface area contributed by atoms with E-state index in [0.717, 1.165) is 23.6 Å². The number of carbonyl (C=O) groups is 1. The van der Waals surface area contributed by atoms with E-state index in [-0.39, 0.29) is 17.0 Å². The number of rotatable bonds is 5. The number of amides is 1. The fourth-order valence-corrected chi connectivity index (χ4v) is 2.76. The molecular weight excluding hydrogens is 331 g/mol. The molecular formula is C17H17FN2O3S. The highest BCUT2D eigenvalue weighted by Gasteiger charge is 2.10. The Bertz CT molecular complexity index is 875. The van der Waals surface area contributed by atoms with E-state index in [1.165, 1.54) is 18.2 Å². The summed E-state index contributed by atoms with van der Waals surface area (Å²) in [5, 5.41) is 2.52. The predicted octanol–water partition coefficient (Wildman–Crippen LogP) is 2.73. The molecule has 1 aromatic carbocycles. The lowest BCUT2D eigenvalue weighted by molar-refractivity contribution is -0.111. The summed E-state index contributed by atoms with van der Waals surface area (Å²) >= 11 is 0. The van der Waals surface area contributed by atoms with Gasteiger partial charge in [-0.3, -0.25) is 9.78 Å². The number of sulfone groups is 1. The van der Waals surface area contributed by atoms with Gasteiger partial charge in [-0.1, -0.05) is 12.1 Å². The molecule has 24 heavy (non-hydrogen) atoms. The summed E-state index contributed by atoms with van der Waals surface area (Å²) in [5.74, 6) is -1.48. The zero-order valence-electron chi connectivity index (χ0n) is 13.3. The molecule has 1 N–H and O–H groups in total. The minimum absolute atomic E-state index is 0.0665. The first kappa shape index (κ1) is 17.8.